The van der Waals surface area contributed by atoms with Gasteiger partial charge in [0.25, 0.3) is 0 Å². The summed E-state index contributed by atoms with van der Waals surface area (Å²) < 4.78 is 6.61. The van der Waals surface area contributed by atoms with Crippen molar-refractivity contribution in [2.24, 2.45) is 5.92 Å². The van der Waals surface area contributed by atoms with Gasteiger partial charge >= 0.3 is 0 Å². The van der Waals surface area contributed by atoms with E-state index in [-0.39, 0.29) is 0 Å². The molecule has 2 nitrogen and oxygen atoms in total. The second-order valence-corrected chi connectivity index (χ2v) is 7.96. The number of halogens is 1. The van der Waals surface area contributed by atoms with Gasteiger partial charge in [-0.1, -0.05) is 35.8 Å². The molecular formula is C16H24BrNOS. The summed E-state index contributed by atoms with van der Waals surface area (Å²) in [5, 5.41) is 4.24. The second kappa shape index (κ2) is 8.42. The molecule has 1 fully saturated rings. The van der Waals surface area contributed by atoms with E-state index < -0.39 is 0 Å². The highest BCUT2D eigenvalue weighted by atomic mass is 79.9. The number of nitrogens with one attached hydrogen (secondary N) is 1. The first-order valence-electron chi connectivity index (χ1n) is 7.38. The molecule has 1 saturated heterocycles. The molecule has 1 aromatic rings. The van der Waals surface area contributed by atoms with E-state index in [0.717, 1.165) is 39.1 Å². The van der Waals surface area contributed by atoms with E-state index in [2.05, 4.69) is 53.3 Å². The van der Waals surface area contributed by atoms with Crippen molar-refractivity contribution >= 4 is 27.7 Å². The molecule has 0 aliphatic carbocycles. The Balaban J connectivity index is 1.99. The van der Waals surface area contributed by atoms with E-state index in [4.69, 9.17) is 4.74 Å². The van der Waals surface area contributed by atoms with Gasteiger partial charge in [0.2, 0.25) is 0 Å². The molecule has 4 heteroatoms. The number of rotatable bonds is 6. The van der Waals surface area contributed by atoms with Crippen LogP contribution in [-0.4, -0.2) is 25.0 Å². The minimum absolute atomic E-state index is 0.692. The Morgan fingerprint density at radius 1 is 1.35 bits per heavy atom. The van der Waals surface area contributed by atoms with Crippen LogP contribution >= 0.6 is 27.7 Å². The first-order valence-corrected chi connectivity index (χ1v) is 9.06. The predicted molar refractivity (Wildman–Crippen MR) is 90.4 cm³/mol. The van der Waals surface area contributed by atoms with E-state index in [0.29, 0.717) is 11.2 Å². The lowest BCUT2D eigenvalue weighted by Gasteiger charge is -2.23. The molecule has 1 N–H and O–H groups in total. The van der Waals surface area contributed by atoms with Crippen LogP contribution in [0.2, 0.25) is 0 Å². The topological polar surface area (TPSA) is 21.3 Å². The van der Waals surface area contributed by atoms with Gasteiger partial charge in [0.15, 0.2) is 0 Å². The van der Waals surface area contributed by atoms with Crippen LogP contribution in [0.4, 0.5) is 0 Å². The van der Waals surface area contributed by atoms with E-state index in [9.17, 15) is 0 Å². The Morgan fingerprint density at radius 2 is 2.10 bits per heavy atom. The van der Waals surface area contributed by atoms with Crippen molar-refractivity contribution in [1.29, 1.82) is 0 Å². The number of thioether (sulfide) groups is 1. The summed E-state index contributed by atoms with van der Waals surface area (Å²) in [5.74, 6) is 0.692. The second-order valence-electron chi connectivity index (χ2n) is 5.71. The van der Waals surface area contributed by atoms with Gasteiger partial charge < -0.3 is 10.1 Å². The quantitative estimate of drug-likeness (QED) is 0.811. The van der Waals surface area contributed by atoms with E-state index in [1.54, 1.807) is 0 Å². The summed E-state index contributed by atoms with van der Waals surface area (Å²) >= 11 is 5.61. The number of benzene rings is 1. The fourth-order valence-electron chi connectivity index (χ4n) is 2.25. The average Bonchev–Trinajstić information content (AvgIpc) is 2.42. The molecule has 0 spiro atoms. The highest BCUT2D eigenvalue weighted by molar-refractivity contribution is 9.10. The molecular weight excluding hydrogens is 334 g/mol. The molecule has 0 bridgehead atoms. The largest absolute Gasteiger partial charge is 0.381 e. The summed E-state index contributed by atoms with van der Waals surface area (Å²) in [7, 11) is 0. The normalized spacial score (nSPS) is 16.8. The van der Waals surface area contributed by atoms with Crippen LogP contribution in [-0.2, 0) is 11.3 Å². The standard InChI is InChI=1S/C16H24BrNOS/c1-12(2)10-18-11-13-3-4-14(17)9-16(13)20-15-5-7-19-8-6-15/h3-4,9,12,15,18H,5-8,10-11H2,1-2H3. The molecule has 0 aromatic heterocycles. The van der Waals surface area contributed by atoms with Crippen molar-refractivity contribution in [3.8, 4) is 0 Å². The van der Waals surface area contributed by atoms with Gasteiger partial charge in [0, 0.05) is 34.4 Å². The molecule has 1 aliphatic heterocycles. The fourth-order valence-corrected chi connectivity index (χ4v) is 4.04. The van der Waals surface area contributed by atoms with Crippen molar-refractivity contribution in [3.63, 3.8) is 0 Å². The molecule has 1 aliphatic rings. The van der Waals surface area contributed by atoms with Crippen LogP contribution in [0.3, 0.4) is 0 Å². The summed E-state index contributed by atoms with van der Waals surface area (Å²) in [6.45, 7) is 8.33. The summed E-state index contributed by atoms with van der Waals surface area (Å²) in [5.41, 5.74) is 1.41. The predicted octanol–water partition coefficient (Wildman–Crippen LogP) is 4.47. The summed E-state index contributed by atoms with van der Waals surface area (Å²) in [6.07, 6.45) is 2.33. The van der Waals surface area contributed by atoms with E-state index >= 15 is 0 Å². The van der Waals surface area contributed by atoms with Gasteiger partial charge in [0.05, 0.1) is 0 Å². The molecule has 0 saturated carbocycles. The Morgan fingerprint density at radius 3 is 2.80 bits per heavy atom. The number of hydrogen-bond acceptors (Lipinski definition) is 3. The Hall–Kier alpha value is -0.0300. The lowest BCUT2D eigenvalue weighted by atomic mass is 10.2. The molecule has 20 heavy (non-hydrogen) atoms. The molecule has 0 atom stereocenters. The zero-order chi connectivity index (χ0) is 14.4. The maximum Gasteiger partial charge on any atom is 0.0476 e. The zero-order valence-corrected chi connectivity index (χ0v) is 14.7. The zero-order valence-electron chi connectivity index (χ0n) is 12.3. The summed E-state index contributed by atoms with van der Waals surface area (Å²) in [6, 6.07) is 6.63. The van der Waals surface area contributed by atoms with Crippen molar-refractivity contribution in [1.82, 2.24) is 5.32 Å². The molecule has 112 valence electrons. The van der Waals surface area contributed by atoms with Gasteiger partial charge in [-0.25, -0.2) is 0 Å². The third kappa shape index (κ3) is 5.40. The van der Waals surface area contributed by atoms with Crippen LogP contribution < -0.4 is 5.32 Å². The van der Waals surface area contributed by atoms with Crippen LogP contribution in [0.5, 0.6) is 0 Å². The lowest BCUT2D eigenvalue weighted by Crippen LogP contribution is -2.20. The third-order valence-electron chi connectivity index (χ3n) is 3.36. The molecule has 0 unspecified atom stereocenters. The van der Waals surface area contributed by atoms with Gasteiger partial charge in [-0.3, -0.25) is 0 Å². The van der Waals surface area contributed by atoms with Gasteiger partial charge in [-0.05, 0) is 43.0 Å². The van der Waals surface area contributed by atoms with Crippen LogP contribution in [0.15, 0.2) is 27.6 Å². The van der Waals surface area contributed by atoms with Crippen LogP contribution in [0.1, 0.15) is 32.3 Å². The van der Waals surface area contributed by atoms with Crippen LogP contribution in [0.25, 0.3) is 0 Å². The Bertz CT molecular complexity index is 419. The van der Waals surface area contributed by atoms with E-state index in [1.807, 2.05) is 11.8 Å². The maximum absolute atomic E-state index is 5.45. The van der Waals surface area contributed by atoms with Crippen molar-refractivity contribution in [2.45, 2.75) is 43.4 Å². The third-order valence-corrected chi connectivity index (χ3v) is 5.29. The van der Waals surface area contributed by atoms with Gasteiger partial charge in [0.1, 0.15) is 0 Å². The highest BCUT2D eigenvalue weighted by Gasteiger charge is 2.16. The summed E-state index contributed by atoms with van der Waals surface area (Å²) in [4.78, 5) is 1.41. The van der Waals surface area contributed by atoms with Gasteiger partial charge in [-0.2, -0.15) is 0 Å². The molecule has 1 aromatic carbocycles. The Kier molecular flexibility index (Phi) is 6.88. The van der Waals surface area contributed by atoms with Gasteiger partial charge in [-0.15, -0.1) is 11.8 Å². The molecule has 0 amide bonds. The first kappa shape index (κ1) is 16.3. The first-order chi connectivity index (χ1) is 9.65. The SMILES string of the molecule is CC(C)CNCc1ccc(Br)cc1SC1CCOCC1. The van der Waals surface area contributed by atoms with Crippen molar-refractivity contribution < 1.29 is 4.74 Å². The number of hydrogen-bond donors (Lipinski definition) is 1. The average molecular weight is 358 g/mol. The fraction of sp³-hybridized carbons (Fsp3) is 0.625. The maximum atomic E-state index is 5.45. The lowest BCUT2D eigenvalue weighted by molar-refractivity contribution is 0.1000. The van der Waals surface area contributed by atoms with Crippen LogP contribution in [0, 0.1) is 5.92 Å². The Labute approximate surface area is 135 Å². The minimum Gasteiger partial charge on any atom is -0.381 e. The monoisotopic (exact) mass is 357 g/mol. The van der Waals surface area contributed by atoms with Crippen molar-refractivity contribution in [3.05, 3.63) is 28.2 Å². The van der Waals surface area contributed by atoms with E-state index in [1.165, 1.54) is 14.9 Å². The smallest absolute Gasteiger partial charge is 0.0476 e. The molecule has 1 heterocycles. The molecule has 2 rings (SSSR count). The van der Waals surface area contributed by atoms with Crippen molar-refractivity contribution in [2.75, 3.05) is 19.8 Å². The highest BCUT2D eigenvalue weighted by Crippen LogP contribution is 2.33. The minimum atomic E-state index is 0.692. The molecule has 0 radical (unpaired) electrons. The number of ether oxygens (including phenoxy) is 1.